The van der Waals surface area contributed by atoms with Crippen LogP contribution in [0.5, 0.6) is 5.75 Å². The number of para-hydroxylation sites is 1. The summed E-state index contributed by atoms with van der Waals surface area (Å²) in [7, 11) is 1.69. The van der Waals surface area contributed by atoms with Crippen molar-refractivity contribution in [1.82, 2.24) is 5.32 Å². The van der Waals surface area contributed by atoms with Gasteiger partial charge >= 0.3 is 0 Å². The molecule has 0 aliphatic rings. The molecule has 1 aromatic rings. The Morgan fingerprint density at radius 2 is 1.89 bits per heavy atom. The Morgan fingerprint density at radius 3 is 2.53 bits per heavy atom. The van der Waals surface area contributed by atoms with Gasteiger partial charge in [-0.3, -0.25) is 0 Å². The molecule has 1 aromatic carbocycles. The molecule has 1 rings (SSSR count). The van der Waals surface area contributed by atoms with Gasteiger partial charge in [0.25, 0.3) is 0 Å². The molecule has 0 aliphatic carbocycles. The van der Waals surface area contributed by atoms with Crippen LogP contribution in [-0.2, 0) is 4.74 Å². The molecule has 0 aromatic heterocycles. The molecular weight excluding hydrogens is 238 g/mol. The van der Waals surface area contributed by atoms with E-state index >= 15 is 0 Å². The molecule has 0 aliphatic heterocycles. The van der Waals surface area contributed by atoms with E-state index in [1.807, 2.05) is 12.1 Å². The Morgan fingerprint density at radius 1 is 1.16 bits per heavy atom. The van der Waals surface area contributed by atoms with Crippen LogP contribution in [0.1, 0.15) is 38.8 Å². The van der Waals surface area contributed by atoms with Crippen molar-refractivity contribution in [1.29, 1.82) is 0 Å². The van der Waals surface area contributed by atoms with E-state index in [4.69, 9.17) is 9.47 Å². The summed E-state index contributed by atoms with van der Waals surface area (Å²) in [4.78, 5) is 0. The maximum atomic E-state index is 5.83. The molecule has 0 heterocycles. The third-order valence-corrected chi connectivity index (χ3v) is 3.44. The zero-order valence-electron chi connectivity index (χ0n) is 12.6. The second kappa shape index (κ2) is 8.94. The summed E-state index contributed by atoms with van der Waals surface area (Å²) >= 11 is 0. The Kier molecular flexibility index (Phi) is 7.53. The van der Waals surface area contributed by atoms with Crippen LogP contribution in [0.4, 0.5) is 0 Å². The van der Waals surface area contributed by atoms with Crippen LogP contribution in [0.3, 0.4) is 0 Å². The van der Waals surface area contributed by atoms with Gasteiger partial charge in [-0.05, 0) is 18.5 Å². The summed E-state index contributed by atoms with van der Waals surface area (Å²) in [6.07, 6.45) is 1.14. The highest BCUT2D eigenvalue weighted by Gasteiger charge is 2.20. The third-order valence-electron chi connectivity index (χ3n) is 3.44. The smallest absolute Gasteiger partial charge is 0.124 e. The normalized spacial score (nSPS) is 14.1. The molecule has 0 radical (unpaired) electrons. The molecule has 2 unspecified atom stereocenters. The summed E-state index contributed by atoms with van der Waals surface area (Å²) < 4.78 is 10.9. The lowest BCUT2D eigenvalue weighted by molar-refractivity contribution is 0.145. The Labute approximate surface area is 117 Å². The quantitative estimate of drug-likeness (QED) is 0.694. The van der Waals surface area contributed by atoms with E-state index in [0.717, 1.165) is 18.7 Å². The number of hydrogen-bond donors (Lipinski definition) is 1. The Bertz CT molecular complexity index is 354. The third kappa shape index (κ3) is 4.84. The minimum Gasteiger partial charge on any atom is -0.491 e. The average Bonchev–Trinajstić information content (AvgIpc) is 2.45. The molecule has 0 bridgehead atoms. The lowest BCUT2D eigenvalue weighted by atomic mass is 9.92. The highest BCUT2D eigenvalue weighted by molar-refractivity contribution is 5.36. The van der Waals surface area contributed by atoms with Gasteiger partial charge in [0.15, 0.2) is 0 Å². The van der Waals surface area contributed by atoms with Gasteiger partial charge < -0.3 is 14.8 Å². The van der Waals surface area contributed by atoms with Crippen molar-refractivity contribution < 1.29 is 9.47 Å². The van der Waals surface area contributed by atoms with Gasteiger partial charge in [0.2, 0.25) is 0 Å². The maximum Gasteiger partial charge on any atom is 0.124 e. The first-order valence-electron chi connectivity index (χ1n) is 7.18. The van der Waals surface area contributed by atoms with Crippen LogP contribution in [0.25, 0.3) is 0 Å². The second-order valence-corrected chi connectivity index (χ2v) is 4.80. The van der Waals surface area contributed by atoms with E-state index < -0.39 is 0 Å². The van der Waals surface area contributed by atoms with Gasteiger partial charge in [0.1, 0.15) is 12.4 Å². The van der Waals surface area contributed by atoms with Crippen molar-refractivity contribution in [3.8, 4) is 5.75 Å². The van der Waals surface area contributed by atoms with Crippen LogP contribution >= 0.6 is 0 Å². The fourth-order valence-electron chi connectivity index (χ4n) is 2.18. The fourth-order valence-corrected chi connectivity index (χ4v) is 2.18. The van der Waals surface area contributed by atoms with Gasteiger partial charge in [-0.15, -0.1) is 0 Å². The zero-order valence-corrected chi connectivity index (χ0v) is 12.6. The maximum absolute atomic E-state index is 5.83. The van der Waals surface area contributed by atoms with Gasteiger partial charge in [0.05, 0.1) is 6.61 Å². The number of ether oxygens (including phenoxy) is 2. The predicted molar refractivity (Wildman–Crippen MR) is 79.7 cm³/mol. The van der Waals surface area contributed by atoms with E-state index in [0.29, 0.717) is 25.2 Å². The number of rotatable bonds is 9. The van der Waals surface area contributed by atoms with E-state index in [1.165, 1.54) is 5.56 Å². The van der Waals surface area contributed by atoms with Crippen molar-refractivity contribution in [3.63, 3.8) is 0 Å². The standard InChI is InChI=1S/C16H27NO2/c1-5-13(3)16(17-6-2)14-9-7-8-10-15(14)19-12-11-18-4/h7-10,13,16-17H,5-6,11-12H2,1-4H3. The minimum atomic E-state index is 0.341. The van der Waals surface area contributed by atoms with Gasteiger partial charge in [-0.25, -0.2) is 0 Å². The van der Waals surface area contributed by atoms with Crippen LogP contribution in [0, 0.1) is 5.92 Å². The SMILES string of the molecule is CCNC(c1ccccc1OCCOC)C(C)CC. The molecule has 0 saturated heterocycles. The van der Waals surface area contributed by atoms with E-state index in [9.17, 15) is 0 Å². The highest BCUT2D eigenvalue weighted by atomic mass is 16.5. The zero-order chi connectivity index (χ0) is 14.1. The topological polar surface area (TPSA) is 30.5 Å². The van der Waals surface area contributed by atoms with Gasteiger partial charge in [0, 0.05) is 18.7 Å². The summed E-state index contributed by atoms with van der Waals surface area (Å²) in [6.45, 7) is 8.81. The number of benzene rings is 1. The predicted octanol–water partition coefficient (Wildman–Crippen LogP) is 3.41. The summed E-state index contributed by atoms with van der Waals surface area (Å²) in [5, 5.41) is 3.57. The molecule has 1 N–H and O–H groups in total. The molecule has 19 heavy (non-hydrogen) atoms. The first kappa shape index (κ1) is 16.0. The number of methoxy groups -OCH3 is 1. The van der Waals surface area contributed by atoms with Gasteiger partial charge in [-0.2, -0.15) is 0 Å². The fraction of sp³-hybridized carbons (Fsp3) is 0.625. The number of nitrogens with one attached hydrogen (secondary N) is 1. The first-order valence-corrected chi connectivity index (χ1v) is 7.18. The molecule has 3 heteroatoms. The summed E-state index contributed by atoms with van der Waals surface area (Å²) in [6, 6.07) is 8.63. The Balaban J connectivity index is 2.88. The lowest BCUT2D eigenvalue weighted by Gasteiger charge is -2.26. The van der Waals surface area contributed by atoms with Crippen LogP contribution in [0.2, 0.25) is 0 Å². The molecular formula is C16H27NO2. The van der Waals surface area contributed by atoms with Crippen molar-refractivity contribution >= 4 is 0 Å². The minimum absolute atomic E-state index is 0.341. The van der Waals surface area contributed by atoms with Crippen LogP contribution < -0.4 is 10.1 Å². The molecule has 0 saturated carbocycles. The molecule has 0 amide bonds. The molecule has 108 valence electrons. The van der Waals surface area contributed by atoms with Crippen molar-refractivity contribution in [3.05, 3.63) is 29.8 Å². The molecule has 2 atom stereocenters. The Hall–Kier alpha value is -1.06. The summed E-state index contributed by atoms with van der Waals surface area (Å²) in [5.41, 5.74) is 1.25. The number of hydrogen-bond acceptors (Lipinski definition) is 3. The lowest BCUT2D eigenvalue weighted by Crippen LogP contribution is -2.27. The monoisotopic (exact) mass is 265 g/mol. The largest absolute Gasteiger partial charge is 0.491 e. The van der Waals surface area contributed by atoms with Crippen molar-refractivity contribution in [2.45, 2.75) is 33.2 Å². The van der Waals surface area contributed by atoms with E-state index in [1.54, 1.807) is 7.11 Å². The second-order valence-electron chi connectivity index (χ2n) is 4.80. The highest BCUT2D eigenvalue weighted by Crippen LogP contribution is 2.31. The molecule has 0 spiro atoms. The average molecular weight is 265 g/mol. The summed E-state index contributed by atoms with van der Waals surface area (Å²) in [5.74, 6) is 1.54. The van der Waals surface area contributed by atoms with Crippen LogP contribution in [0.15, 0.2) is 24.3 Å². The van der Waals surface area contributed by atoms with Crippen molar-refractivity contribution in [2.24, 2.45) is 5.92 Å². The van der Waals surface area contributed by atoms with Crippen LogP contribution in [-0.4, -0.2) is 26.9 Å². The van der Waals surface area contributed by atoms with E-state index in [2.05, 4.69) is 38.2 Å². The van der Waals surface area contributed by atoms with Crippen molar-refractivity contribution in [2.75, 3.05) is 26.9 Å². The molecule has 3 nitrogen and oxygen atoms in total. The molecule has 0 fully saturated rings. The van der Waals surface area contributed by atoms with Gasteiger partial charge in [-0.1, -0.05) is 45.4 Å². The first-order chi connectivity index (χ1) is 9.24. The van der Waals surface area contributed by atoms with E-state index in [-0.39, 0.29) is 0 Å².